The second-order valence-corrected chi connectivity index (χ2v) is 5.28. The number of hydrogen-bond donors (Lipinski definition) is 2. The van der Waals surface area contributed by atoms with Gasteiger partial charge in [0.15, 0.2) is 5.76 Å². The van der Waals surface area contributed by atoms with Gasteiger partial charge < -0.3 is 24.9 Å². The van der Waals surface area contributed by atoms with E-state index in [1.807, 2.05) is 0 Å². The molecule has 1 aromatic carbocycles. The Hall–Kier alpha value is -2.05. The van der Waals surface area contributed by atoms with Crippen molar-refractivity contribution in [1.82, 2.24) is 5.32 Å². The Balaban J connectivity index is 1.72. The van der Waals surface area contributed by atoms with Gasteiger partial charge in [-0.1, -0.05) is 0 Å². The number of carbonyl (C=O) groups excluding carboxylic acids is 1. The SMILES string of the molecule is COC1(CNC(=O)c2cc3cc(N)ccc3o2)CCOC1. The summed E-state index contributed by atoms with van der Waals surface area (Å²) < 4.78 is 16.3. The van der Waals surface area contributed by atoms with Crippen molar-refractivity contribution in [1.29, 1.82) is 0 Å². The van der Waals surface area contributed by atoms with Crippen LogP contribution >= 0.6 is 0 Å². The van der Waals surface area contributed by atoms with Gasteiger partial charge in [0.25, 0.3) is 5.91 Å². The van der Waals surface area contributed by atoms with Crippen LogP contribution in [0.5, 0.6) is 0 Å². The van der Waals surface area contributed by atoms with E-state index < -0.39 is 5.60 Å². The summed E-state index contributed by atoms with van der Waals surface area (Å²) in [4.78, 5) is 12.2. The van der Waals surface area contributed by atoms with Crippen LogP contribution in [0.25, 0.3) is 11.0 Å². The molecule has 6 heteroatoms. The quantitative estimate of drug-likeness (QED) is 0.834. The zero-order chi connectivity index (χ0) is 14.9. The summed E-state index contributed by atoms with van der Waals surface area (Å²) in [5.41, 5.74) is 6.55. The Labute approximate surface area is 122 Å². The van der Waals surface area contributed by atoms with E-state index in [2.05, 4.69) is 5.32 Å². The molecule has 3 N–H and O–H groups in total. The van der Waals surface area contributed by atoms with Gasteiger partial charge in [-0.25, -0.2) is 0 Å². The smallest absolute Gasteiger partial charge is 0.287 e. The lowest BCUT2D eigenvalue weighted by Crippen LogP contribution is -2.44. The average Bonchev–Trinajstić information content (AvgIpc) is 3.11. The van der Waals surface area contributed by atoms with Crippen molar-refractivity contribution in [2.45, 2.75) is 12.0 Å². The van der Waals surface area contributed by atoms with E-state index in [9.17, 15) is 4.79 Å². The zero-order valence-electron chi connectivity index (χ0n) is 11.8. The fourth-order valence-corrected chi connectivity index (χ4v) is 2.46. The Morgan fingerprint density at radius 3 is 3.05 bits per heavy atom. The van der Waals surface area contributed by atoms with Gasteiger partial charge in [-0.2, -0.15) is 0 Å². The molecule has 2 aromatic rings. The van der Waals surface area contributed by atoms with Crippen LogP contribution in [0.15, 0.2) is 28.7 Å². The van der Waals surface area contributed by atoms with Crippen LogP contribution < -0.4 is 11.1 Å². The third kappa shape index (κ3) is 2.72. The minimum Gasteiger partial charge on any atom is -0.451 e. The third-order valence-electron chi connectivity index (χ3n) is 3.84. The van der Waals surface area contributed by atoms with Crippen molar-refractivity contribution in [2.24, 2.45) is 0 Å². The second kappa shape index (κ2) is 5.38. The number of nitrogen functional groups attached to an aromatic ring is 1. The molecule has 0 aliphatic carbocycles. The van der Waals surface area contributed by atoms with Crippen molar-refractivity contribution < 1.29 is 18.7 Å². The monoisotopic (exact) mass is 290 g/mol. The molecular weight excluding hydrogens is 272 g/mol. The molecule has 6 nitrogen and oxygen atoms in total. The lowest BCUT2D eigenvalue weighted by Gasteiger charge is -2.25. The van der Waals surface area contributed by atoms with Gasteiger partial charge in [0.2, 0.25) is 0 Å². The van der Waals surface area contributed by atoms with Crippen LogP contribution in [0.3, 0.4) is 0 Å². The Bertz CT molecular complexity index is 659. The maximum atomic E-state index is 12.2. The highest BCUT2D eigenvalue weighted by Gasteiger charge is 2.35. The zero-order valence-corrected chi connectivity index (χ0v) is 11.8. The van der Waals surface area contributed by atoms with E-state index in [0.717, 1.165) is 11.8 Å². The molecule has 2 heterocycles. The van der Waals surface area contributed by atoms with Crippen molar-refractivity contribution in [3.05, 3.63) is 30.0 Å². The minimum atomic E-state index is -0.438. The lowest BCUT2D eigenvalue weighted by atomic mass is 10.0. The van der Waals surface area contributed by atoms with Gasteiger partial charge in [0, 0.05) is 37.8 Å². The van der Waals surface area contributed by atoms with E-state index in [0.29, 0.717) is 31.0 Å². The van der Waals surface area contributed by atoms with Crippen molar-refractivity contribution in [3.63, 3.8) is 0 Å². The first-order valence-corrected chi connectivity index (χ1v) is 6.82. The fourth-order valence-electron chi connectivity index (χ4n) is 2.46. The molecule has 1 atom stereocenters. The highest BCUT2D eigenvalue weighted by molar-refractivity contribution is 5.96. The topological polar surface area (TPSA) is 86.7 Å². The Morgan fingerprint density at radius 2 is 2.33 bits per heavy atom. The molecule has 1 aliphatic heterocycles. The first kappa shape index (κ1) is 13.9. The predicted molar refractivity (Wildman–Crippen MR) is 78.1 cm³/mol. The van der Waals surface area contributed by atoms with Gasteiger partial charge in [0.1, 0.15) is 11.2 Å². The first-order chi connectivity index (χ1) is 10.1. The summed E-state index contributed by atoms with van der Waals surface area (Å²) in [5, 5.41) is 3.65. The van der Waals surface area contributed by atoms with Crippen LogP contribution in [-0.2, 0) is 9.47 Å². The second-order valence-electron chi connectivity index (χ2n) is 5.28. The van der Waals surface area contributed by atoms with Gasteiger partial charge in [-0.05, 0) is 24.3 Å². The number of carbonyl (C=O) groups is 1. The number of methoxy groups -OCH3 is 1. The molecule has 0 bridgehead atoms. The standard InChI is InChI=1S/C15H18N2O4/c1-19-15(4-5-20-9-15)8-17-14(18)13-7-10-6-11(16)2-3-12(10)21-13/h2-3,6-7H,4-5,8-9,16H2,1H3,(H,17,18). The van der Waals surface area contributed by atoms with Gasteiger partial charge in [0.05, 0.1) is 6.61 Å². The van der Waals surface area contributed by atoms with E-state index in [1.54, 1.807) is 31.4 Å². The van der Waals surface area contributed by atoms with Crippen LogP contribution in [0.2, 0.25) is 0 Å². The van der Waals surface area contributed by atoms with Crippen LogP contribution in [0.4, 0.5) is 5.69 Å². The number of amides is 1. The molecule has 3 rings (SSSR count). The van der Waals surface area contributed by atoms with E-state index in [1.165, 1.54) is 0 Å². The number of hydrogen-bond acceptors (Lipinski definition) is 5. The van der Waals surface area contributed by atoms with E-state index in [4.69, 9.17) is 19.6 Å². The predicted octanol–water partition coefficient (Wildman–Crippen LogP) is 1.55. The molecule has 1 amide bonds. The van der Waals surface area contributed by atoms with Crippen LogP contribution in [0, 0.1) is 0 Å². The maximum absolute atomic E-state index is 12.2. The maximum Gasteiger partial charge on any atom is 0.287 e. The van der Waals surface area contributed by atoms with Crippen LogP contribution in [0.1, 0.15) is 17.0 Å². The number of furan rings is 1. The summed E-state index contributed by atoms with van der Waals surface area (Å²) in [6.07, 6.45) is 0.764. The molecule has 0 radical (unpaired) electrons. The molecule has 21 heavy (non-hydrogen) atoms. The molecule has 1 unspecified atom stereocenters. The van der Waals surface area contributed by atoms with E-state index >= 15 is 0 Å². The van der Waals surface area contributed by atoms with Crippen molar-refractivity contribution >= 4 is 22.6 Å². The lowest BCUT2D eigenvalue weighted by molar-refractivity contribution is -0.0150. The first-order valence-electron chi connectivity index (χ1n) is 6.82. The molecule has 1 saturated heterocycles. The normalized spacial score (nSPS) is 21.8. The minimum absolute atomic E-state index is 0.265. The molecule has 0 saturated carbocycles. The highest BCUT2D eigenvalue weighted by Crippen LogP contribution is 2.23. The van der Waals surface area contributed by atoms with Gasteiger partial charge >= 0.3 is 0 Å². The van der Waals surface area contributed by atoms with Gasteiger partial charge in [-0.15, -0.1) is 0 Å². The summed E-state index contributed by atoms with van der Waals surface area (Å²) in [6.45, 7) is 1.52. The molecule has 1 aliphatic rings. The summed E-state index contributed by atoms with van der Waals surface area (Å²) in [6, 6.07) is 6.95. The van der Waals surface area contributed by atoms with Crippen LogP contribution in [-0.4, -0.2) is 38.4 Å². The number of benzene rings is 1. The summed E-state index contributed by atoms with van der Waals surface area (Å²) >= 11 is 0. The van der Waals surface area contributed by atoms with Crippen molar-refractivity contribution in [3.8, 4) is 0 Å². The number of nitrogens with two attached hydrogens (primary N) is 1. The molecular formula is C15H18N2O4. The molecule has 112 valence electrons. The number of ether oxygens (including phenoxy) is 2. The third-order valence-corrected chi connectivity index (χ3v) is 3.84. The number of fused-ring (bicyclic) bond motifs is 1. The highest BCUT2D eigenvalue weighted by atomic mass is 16.5. The number of rotatable bonds is 4. The Morgan fingerprint density at radius 1 is 1.48 bits per heavy atom. The van der Waals surface area contributed by atoms with Crippen molar-refractivity contribution in [2.75, 3.05) is 32.6 Å². The van der Waals surface area contributed by atoms with E-state index in [-0.39, 0.29) is 11.7 Å². The largest absolute Gasteiger partial charge is 0.451 e. The summed E-state index contributed by atoms with van der Waals surface area (Å²) in [5.74, 6) is -0.00568. The molecule has 1 fully saturated rings. The Kier molecular flexibility index (Phi) is 3.57. The number of nitrogens with one attached hydrogen (secondary N) is 1. The molecule has 1 aromatic heterocycles. The number of anilines is 1. The molecule has 0 spiro atoms. The van der Waals surface area contributed by atoms with Gasteiger partial charge in [-0.3, -0.25) is 4.79 Å². The summed E-state index contributed by atoms with van der Waals surface area (Å²) in [7, 11) is 1.63. The average molecular weight is 290 g/mol. The fraction of sp³-hybridized carbons (Fsp3) is 0.400.